The summed E-state index contributed by atoms with van der Waals surface area (Å²) >= 11 is 0. The van der Waals surface area contributed by atoms with Crippen molar-refractivity contribution in [3.8, 4) is 0 Å². The standard InChI is InChI=1S/C9H7F3/c1-7-2-4-8(5-3-7)6-9(10,11)12/h2-6H,1H2. The van der Waals surface area contributed by atoms with E-state index in [1.807, 2.05) is 0 Å². The van der Waals surface area contributed by atoms with Gasteiger partial charge in [-0.15, -0.1) is 0 Å². The van der Waals surface area contributed by atoms with Crippen molar-refractivity contribution in [1.29, 1.82) is 0 Å². The van der Waals surface area contributed by atoms with Gasteiger partial charge in [0, 0.05) is 0 Å². The molecule has 0 aliphatic carbocycles. The van der Waals surface area contributed by atoms with E-state index >= 15 is 0 Å². The Balaban J connectivity index is 2.71. The minimum absolute atomic E-state index is 0.148. The molecule has 0 atom stereocenters. The highest BCUT2D eigenvalue weighted by Crippen LogP contribution is 2.23. The molecule has 0 saturated carbocycles. The van der Waals surface area contributed by atoms with Crippen molar-refractivity contribution in [2.45, 2.75) is 6.18 Å². The fraction of sp³-hybridized carbons (Fsp3) is 0.111. The number of alkyl halides is 3. The predicted octanol–water partition coefficient (Wildman–Crippen LogP) is 2.98. The average Bonchev–Trinajstić information content (AvgIpc) is 1.91. The lowest BCUT2D eigenvalue weighted by Gasteiger charge is -2.04. The first kappa shape index (κ1) is 9.10. The lowest BCUT2D eigenvalue weighted by molar-refractivity contribution is -0.0927. The number of benzene rings is 1. The summed E-state index contributed by atoms with van der Waals surface area (Å²) in [5.41, 5.74) is 0.851. The normalized spacial score (nSPS) is 11.7. The summed E-state index contributed by atoms with van der Waals surface area (Å²) in [6.45, 7) is 3.56. The Bertz CT molecular complexity index is 245. The molecule has 1 rings (SSSR count). The zero-order valence-corrected chi connectivity index (χ0v) is 6.23. The molecule has 2 radical (unpaired) electrons. The maximum Gasteiger partial charge on any atom is 0.396 e. The van der Waals surface area contributed by atoms with Crippen molar-refractivity contribution in [1.82, 2.24) is 0 Å². The second kappa shape index (κ2) is 3.17. The number of hydrogen-bond acceptors (Lipinski definition) is 0. The molecule has 12 heavy (non-hydrogen) atoms. The topological polar surface area (TPSA) is 0 Å². The first-order valence-corrected chi connectivity index (χ1v) is 3.32. The summed E-state index contributed by atoms with van der Waals surface area (Å²) in [5, 5.41) is 0. The van der Waals surface area contributed by atoms with Gasteiger partial charge in [-0.25, -0.2) is 0 Å². The van der Waals surface area contributed by atoms with Gasteiger partial charge >= 0.3 is 6.18 Å². The summed E-state index contributed by atoms with van der Waals surface area (Å²) in [7, 11) is 0. The van der Waals surface area contributed by atoms with E-state index in [-0.39, 0.29) is 12.0 Å². The van der Waals surface area contributed by atoms with Crippen LogP contribution >= 0.6 is 0 Å². The van der Waals surface area contributed by atoms with E-state index in [0.717, 1.165) is 0 Å². The highest BCUT2D eigenvalue weighted by molar-refractivity contribution is 5.29. The monoisotopic (exact) mass is 172 g/mol. The molecule has 0 N–H and O–H groups in total. The van der Waals surface area contributed by atoms with Gasteiger partial charge in [-0.3, -0.25) is 0 Å². The second-order valence-electron chi connectivity index (χ2n) is 2.43. The molecule has 3 heteroatoms. The molecular formula is C9H7F3. The van der Waals surface area contributed by atoms with Gasteiger partial charge in [-0.2, -0.15) is 13.2 Å². The van der Waals surface area contributed by atoms with Crippen LogP contribution in [-0.4, -0.2) is 6.18 Å². The van der Waals surface area contributed by atoms with Crippen molar-refractivity contribution in [2.75, 3.05) is 0 Å². The van der Waals surface area contributed by atoms with Crippen LogP contribution in [0.3, 0.4) is 0 Å². The Labute approximate surface area is 69.0 Å². The van der Waals surface area contributed by atoms with Crippen LogP contribution in [0.5, 0.6) is 0 Å². The van der Waals surface area contributed by atoms with Crippen LogP contribution in [0.1, 0.15) is 11.1 Å². The average molecular weight is 172 g/mol. The van der Waals surface area contributed by atoms with Crippen molar-refractivity contribution >= 4 is 0 Å². The maximum atomic E-state index is 11.8. The molecule has 64 valence electrons. The number of halogens is 3. The predicted molar refractivity (Wildman–Crippen MR) is 40.4 cm³/mol. The van der Waals surface area contributed by atoms with Crippen LogP contribution in [0.15, 0.2) is 24.3 Å². The highest BCUT2D eigenvalue weighted by atomic mass is 19.4. The van der Waals surface area contributed by atoms with Crippen molar-refractivity contribution in [2.24, 2.45) is 0 Å². The van der Waals surface area contributed by atoms with Crippen molar-refractivity contribution in [3.05, 3.63) is 48.7 Å². The molecule has 0 unspecified atom stereocenters. The van der Waals surface area contributed by atoms with E-state index in [0.29, 0.717) is 5.56 Å². The Morgan fingerprint density at radius 2 is 1.58 bits per heavy atom. The fourth-order valence-electron chi connectivity index (χ4n) is 0.803. The molecule has 1 aromatic carbocycles. The van der Waals surface area contributed by atoms with E-state index in [1.165, 1.54) is 24.3 Å². The maximum absolute atomic E-state index is 11.8. The van der Waals surface area contributed by atoms with E-state index in [9.17, 15) is 13.2 Å². The van der Waals surface area contributed by atoms with Crippen molar-refractivity contribution < 1.29 is 13.2 Å². The van der Waals surface area contributed by atoms with Gasteiger partial charge in [0.15, 0.2) is 0 Å². The molecule has 0 nitrogen and oxygen atoms in total. The van der Waals surface area contributed by atoms with Gasteiger partial charge in [0.25, 0.3) is 0 Å². The molecule has 1 aromatic rings. The third-order valence-electron chi connectivity index (χ3n) is 1.31. The summed E-state index contributed by atoms with van der Waals surface area (Å²) in [5.74, 6) is 0. The minimum atomic E-state index is -4.25. The van der Waals surface area contributed by atoms with Crippen LogP contribution < -0.4 is 0 Å². The third kappa shape index (κ3) is 2.95. The van der Waals surface area contributed by atoms with E-state index in [1.54, 1.807) is 0 Å². The van der Waals surface area contributed by atoms with Gasteiger partial charge in [0.2, 0.25) is 0 Å². The first-order valence-electron chi connectivity index (χ1n) is 3.32. The lowest BCUT2D eigenvalue weighted by Crippen LogP contribution is -2.08. The number of rotatable bonds is 1. The first-order chi connectivity index (χ1) is 5.47. The molecule has 0 fully saturated rings. The fourth-order valence-corrected chi connectivity index (χ4v) is 0.803. The molecule has 0 saturated heterocycles. The van der Waals surface area contributed by atoms with E-state index < -0.39 is 6.18 Å². The van der Waals surface area contributed by atoms with Crippen molar-refractivity contribution in [3.63, 3.8) is 0 Å². The lowest BCUT2D eigenvalue weighted by atomic mass is 10.1. The molecule has 0 aromatic heterocycles. The van der Waals surface area contributed by atoms with Gasteiger partial charge in [0.05, 0.1) is 6.42 Å². The highest BCUT2D eigenvalue weighted by Gasteiger charge is 2.27. The molecule has 0 heterocycles. The molecule has 0 bridgehead atoms. The molecule has 0 aliphatic rings. The van der Waals surface area contributed by atoms with E-state index in [4.69, 9.17) is 0 Å². The van der Waals surface area contributed by atoms with Gasteiger partial charge < -0.3 is 0 Å². The number of hydrogen-bond donors (Lipinski definition) is 0. The summed E-state index contributed by atoms with van der Waals surface area (Å²) < 4.78 is 35.3. The van der Waals surface area contributed by atoms with Gasteiger partial charge in [-0.1, -0.05) is 24.3 Å². The van der Waals surface area contributed by atoms with Crippen LogP contribution in [-0.2, 0) is 0 Å². The smallest absolute Gasteiger partial charge is 0.170 e. The van der Waals surface area contributed by atoms with Crippen LogP contribution in [0, 0.1) is 13.3 Å². The molecule has 0 aliphatic heterocycles. The van der Waals surface area contributed by atoms with Crippen LogP contribution in [0.2, 0.25) is 0 Å². The molecular weight excluding hydrogens is 165 g/mol. The van der Waals surface area contributed by atoms with Gasteiger partial charge in [-0.05, 0) is 18.1 Å². The zero-order chi connectivity index (χ0) is 9.19. The quantitative estimate of drug-likeness (QED) is 0.610. The third-order valence-corrected chi connectivity index (χ3v) is 1.31. The Morgan fingerprint density at radius 1 is 1.08 bits per heavy atom. The minimum Gasteiger partial charge on any atom is -0.170 e. The van der Waals surface area contributed by atoms with Gasteiger partial charge in [0.1, 0.15) is 0 Å². The van der Waals surface area contributed by atoms with Crippen LogP contribution in [0.25, 0.3) is 0 Å². The Hall–Kier alpha value is -0.990. The second-order valence-corrected chi connectivity index (χ2v) is 2.43. The zero-order valence-electron chi connectivity index (χ0n) is 6.23. The Morgan fingerprint density at radius 3 is 2.00 bits per heavy atom. The summed E-state index contributed by atoms with van der Waals surface area (Å²) in [6.07, 6.45) is -3.99. The summed E-state index contributed by atoms with van der Waals surface area (Å²) in [6, 6.07) is 5.85. The Kier molecular flexibility index (Phi) is 2.40. The van der Waals surface area contributed by atoms with Crippen LogP contribution in [0.4, 0.5) is 13.2 Å². The van der Waals surface area contributed by atoms with E-state index in [2.05, 4.69) is 6.92 Å². The summed E-state index contributed by atoms with van der Waals surface area (Å²) in [4.78, 5) is 0. The molecule has 0 amide bonds. The SMILES string of the molecule is [CH2]c1ccc([CH]C(F)(F)F)cc1. The largest absolute Gasteiger partial charge is 0.396 e. The molecule has 0 spiro atoms.